The lowest BCUT2D eigenvalue weighted by Crippen LogP contribution is -2.41. The first kappa shape index (κ1) is 25.4. The highest BCUT2D eigenvalue weighted by Gasteiger charge is 2.35. The molecular formula is C24H28N2O7S. The Hall–Kier alpha value is -3.24. The van der Waals surface area contributed by atoms with Crippen molar-refractivity contribution in [2.75, 3.05) is 32.1 Å². The molecule has 1 saturated heterocycles. The molecule has 1 aliphatic heterocycles. The Morgan fingerprint density at radius 2 is 1.65 bits per heavy atom. The maximum atomic E-state index is 13.1. The number of ether oxygens (including phenoxy) is 2. The van der Waals surface area contributed by atoms with Crippen LogP contribution in [0.5, 0.6) is 0 Å². The number of nitrogens with zero attached hydrogens (tertiary/aromatic N) is 1. The van der Waals surface area contributed by atoms with Crippen LogP contribution >= 0.6 is 0 Å². The van der Waals surface area contributed by atoms with Crippen molar-refractivity contribution in [1.82, 2.24) is 4.31 Å². The van der Waals surface area contributed by atoms with E-state index in [1.54, 1.807) is 6.07 Å². The number of hydrogen-bond donors (Lipinski definition) is 1. The van der Waals surface area contributed by atoms with Crippen molar-refractivity contribution in [2.45, 2.75) is 31.6 Å². The molecule has 10 heteroatoms. The topological polar surface area (TPSA) is 119 Å². The molecule has 3 rings (SSSR count). The molecule has 0 radical (unpaired) electrons. The molecule has 0 saturated carbocycles. The average Bonchev–Trinajstić information content (AvgIpc) is 2.81. The highest BCUT2D eigenvalue weighted by molar-refractivity contribution is 7.89. The van der Waals surface area contributed by atoms with Gasteiger partial charge in [-0.2, -0.15) is 4.31 Å². The van der Waals surface area contributed by atoms with E-state index >= 15 is 0 Å². The summed E-state index contributed by atoms with van der Waals surface area (Å²) in [7, 11) is -2.76. The van der Waals surface area contributed by atoms with Crippen molar-refractivity contribution in [3.63, 3.8) is 0 Å². The van der Waals surface area contributed by atoms with Gasteiger partial charge in [0.1, 0.15) is 0 Å². The molecule has 182 valence electrons. The summed E-state index contributed by atoms with van der Waals surface area (Å²) < 4.78 is 37.3. The number of sulfonamides is 1. The minimum atomic E-state index is -3.95. The number of hydrogen-bond acceptors (Lipinski definition) is 7. The second-order valence-corrected chi connectivity index (χ2v) is 10.1. The van der Waals surface area contributed by atoms with Crippen LogP contribution in [0.3, 0.4) is 0 Å². The van der Waals surface area contributed by atoms with E-state index in [2.05, 4.69) is 10.1 Å². The molecule has 34 heavy (non-hydrogen) atoms. The first-order valence-corrected chi connectivity index (χ1v) is 12.3. The number of amides is 1. The molecule has 0 unspecified atom stereocenters. The van der Waals surface area contributed by atoms with Gasteiger partial charge in [0, 0.05) is 18.8 Å². The van der Waals surface area contributed by atoms with Crippen molar-refractivity contribution < 1.29 is 32.3 Å². The maximum Gasteiger partial charge on any atom is 0.339 e. The Kier molecular flexibility index (Phi) is 8.06. The molecule has 1 aliphatic rings. The Morgan fingerprint density at radius 1 is 1.03 bits per heavy atom. The van der Waals surface area contributed by atoms with Crippen LogP contribution in [0.2, 0.25) is 0 Å². The maximum absolute atomic E-state index is 13.1. The first-order valence-electron chi connectivity index (χ1n) is 10.8. The molecule has 1 heterocycles. The number of aryl methyl sites for hydroxylation is 2. The lowest BCUT2D eigenvalue weighted by Gasteiger charge is -2.30. The minimum absolute atomic E-state index is 0.0404. The summed E-state index contributed by atoms with van der Waals surface area (Å²) in [6, 6.07) is 11.5. The molecule has 0 aromatic heterocycles. The molecule has 2 aromatic rings. The quantitative estimate of drug-likeness (QED) is 0.595. The third-order valence-corrected chi connectivity index (χ3v) is 7.51. The molecule has 0 atom stereocenters. The third kappa shape index (κ3) is 6.00. The zero-order valence-corrected chi connectivity index (χ0v) is 20.2. The molecule has 0 aliphatic carbocycles. The highest BCUT2D eigenvalue weighted by atomic mass is 32.2. The van der Waals surface area contributed by atoms with E-state index in [9.17, 15) is 22.8 Å². The van der Waals surface area contributed by atoms with Gasteiger partial charge < -0.3 is 14.8 Å². The van der Waals surface area contributed by atoms with Crippen LogP contribution in [0.4, 0.5) is 5.69 Å². The molecule has 0 bridgehead atoms. The number of methoxy groups -OCH3 is 1. The number of carbonyl (C=O) groups excluding carboxylic acids is 3. The number of carbonyl (C=O) groups is 3. The van der Waals surface area contributed by atoms with E-state index in [0.717, 1.165) is 11.1 Å². The number of anilines is 1. The smallest absolute Gasteiger partial charge is 0.339 e. The Morgan fingerprint density at radius 3 is 2.26 bits per heavy atom. The fraction of sp³-hybridized carbons (Fsp3) is 0.375. The number of benzene rings is 2. The molecule has 1 N–H and O–H groups in total. The van der Waals surface area contributed by atoms with Crippen LogP contribution in [0, 0.1) is 19.8 Å². The van der Waals surface area contributed by atoms with E-state index in [1.165, 1.54) is 29.6 Å². The number of esters is 2. The van der Waals surface area contributed by atoms with Gasteiger partial charge >= 0.3 is 11.9 Å². The fourth-order valence-corrected chi connectivity index (χ4v) is 5.59. The predicted octanol–water partition coefficient (Wildman–Crippen LogP) is 2.67. The lowest BCUT2D eigenvalue weighted by molar-refractivity contribution is -0.152. The summed E-state index contributed by atoms with van der Waals surface area (Å²) in [4.78, 5) is 36.4. The highest BCUT2D eigenvalue weighted by Crippen LogP contribution is 2.27. The van der Waals surface area contributed by atoms with Gasteiger partial charge in [0.05, 0.1) is 23.5 Å². The summed E-state index contributed by atoms with van der Waals surface area (Å²) >= 11 is 0. The largest absolute Gasteiger partial charge is 0.465 e. The monoisotopic (exact) mass is 488 g/mol. The molecule has 9 nitrogen and oxygen atoms in total. The predicted molar refractivity (Wildman–Crippen MR) is 125 cm³/mol. The van der Waals surface area contributed by atoms with E-state index < -0.39 is 40.4 Å². The zero-order chi connectivity index (χ0) is 24.9. The van der Waals surface area contributed by atoms with Crippen molar-refractivity contribution in [3.8, 4) is 0 Å². The van der Waals surface area contributed by atoms with E-state index in [0.29, 0.717) is 5.69 Å². The van der Waals surface area contributed by atoms with Gasteiger partial charge in [-0.05, 0) is 62.1 Å². The van der Waals surface area contributed by atoms with E-state index in [1.807, 2.05) is 32.0 Å². The second kappa shape index (κ2) is 10.8. The standard InChI is InChI=1S/C24H28N2O7S/c1-16-12-17(2)14-19(13-16)25-22(27)15-33-23(28)18-8-10-26(11-9-18)34(30,31)21-7-5-4-6-20(21)24(29)32-3/h4-7,12-14,18H,8-11,15H2,1-3H3,(H,25,27). The number of piperidine rings is 1. The van der Waals surface area contributed by atoms with Crippen LogP contribution in [0.1, 0.15) is 34.3 Å². The van der Waals surface area contributed by atoms with Crippen LogP contribution < -0.4 is 5.32 Å². The normalized spacial score (nSPS) is 14.9. The van der Waals surface area contributed by atoms with Crippen molar-refractivity contribution in [2.24, 2.45) is 5.92 Å². The van der Waals surface area contributed by atoms with Gasteiger partial charge in [0.25, 0.3) is 5.91 Å². The molecule has 0 spiro atoms. The Labute approximate surface area is 199 Å². The third-order valence-electron chi connectivity index (χ3n) is 5.55. The van der Waals surface area contributed by atoms with E-state index in [4.69, 9.17) is 4.74 Å². The minimum Gasteiger partial charge on any atom is -0.465 e. The van der Waals surface area contributed by atoms with Gasteiger partial charge in [-0.25, -0.2) is 13.2 Å². The van der Waals surface area contributed by atoms with Crippen LogP contribution in [0.15, 0.2) is 47.4 Å². The van der Waals surface area contributed by atoms with Gasteiger partial charge in [-0.15, -0.1) is 0 Å². The first-order chi connectivity index (χ1) is 16.1. The number of nitrogens with one attached hydrogen (secondary N) is 1. The molecule has 1 amide bonds. The summed E-state index contributed by atoms with van der Waals surface area (Å²) in [6.45, 7) is 3.60. The van der Waals surface area contributed by atoms with Crippen LogP contribution in [-0.4, -0.2) is 57.4 Å². The SMILES string of the molecule is COC(=O)c1ccccc1S(=O)(=O)N1CCC(C(=O)OCC(=O)Nc2cc(C)cc(C)c2)CC1. The van der Waals surface area contributed by atoms with Gasteiger partial charge in [-0.1, -0.05) is 18.2 Å². The van der Waals surface area contributed by atoms with Crippen LogP contribution in [0.25, 0.3) is 0 Å². The Balaban J connectivity index is 1.55. The van der Waals surface area contributed by atoms with Gasteiger partial charge in [-0.3, -0.25) is 9.59 Å². The lowest BCUT2D eigenvalue weighted by atomic mass is 9.98. The summed E-state index contributed by atoms with van der Waals surface area (Å²) in [6.07, 6.45) is 0.494. The van der Waals surface area contributed by atoms with Crippen molar-refractivity contribution >= 4 is 33.6 Å². The molecule has 1 fully saturated rings. The Bertz CT molecular complexity index is 1170. The molecular weight excluding hydrogens is 460 g/mol. The summed E-state index contributed by atoms with van der Waals surface area (Å²) in [5.41, 5.74) is 2.59. The number of rotatable bonds is 7. The van der Waals surface area contributed by atoms with Gasteiger partial charge in [0.2, 0.25) is 10.0 Å². The molecule has 2 aromatic carbocycles. The summed E-state index contributed by atoms with van der Waals surface area (Å²) in [5, 5.41) is 2.70. The average molecular weight is 489 g/mol. The second-order valence-electron chi connectivity index (χ2n) is 8.20. The summed E-state index contributed by atoms with van der Waals surface area (Å²) in [5.74, 6) is -2.24. The van der Waals surface area contributed by atoms with Crippen molar-refractivity contribution in [3.05, 3.63) is 59.2 Å². The van der Waals surface area contributed by atoms with E-state index in [-0.39, 0.29) is 36.4 Å². The zero-order valence-electron chi connectivity index (χ0n) is 19.4. The fourth-order valence-electron chi connectivity index (χ4n) is 3.94. The van der Waals surface area contributed by atoms with Crippen molar-refractivity contribution in [1.29, 1.82) is 0 Å². The van der Waals surface area contributed by atoms with Crippen LogP contribution in [-0.2, 0) is 29.1 Å². The van der Waals surface area contributed by atoms with Gasteiger partial charge in [0.15, 0.2) is 6.61 Å².